The van der Waals surface area contributed by atoms with Crippen LogP contribution in [0, 0.1) is 5.92 Å². The molecule has 0 radical (unpaired) electrons. The van der Waals surface area contributed by atoms with Crippen molar-refractivity contribution in [2.45, 2.75) is 25.1 Å². The van der Waals surface area contributed by atoms with Gasteiger partial charge in [0, 0.05) is 16.9 Å². The molecule has 0 aliphatic carbocycles. The van der Waals surface area contributed by atoms with Crippen molar-refractivity contribution in [2.24, 2.45) is 5.92 Å². The molecule has 1 amide bonds. The van der Waals surface area contributed by atoms with E-state index in [1.165, 1.54) is 5.56 Å². The lowest BCUT2D eigenvalue weighted by Gasteiger charge is -2.20. The number of fused-ring (bicyclic) bond motifs is 1. The van der Waals surface area contributed by atoms with E-state index < -0.39 is 0 Å². The third-order valence-corrected chi connectivity index (χ3v) is 4.55. The fraction of sp³-hybridized carbons (Fsp3) is 0.462. The van der Waals surface area contributed by atoms with Crippen molar-refractivity contribution < 1.29 is 4.79 Å². The lowest BCUT2D eigenvalue weighted by molar-refractivity contribution is 0.0946. The van der Waals surface area contributed by atoms with Crippen LogP contribution in [0.3, 0.4) is 0 Å². The second-order valence-corrected chi connectivity index (χ2v) is 5.55. The number of hydrogen-bond acceptors (Lipinski definition) is 1. The van der Waals surface area contributed by atoms with Gasteiger partial charge < -0.3 is 5.32 Å². The zero-order valence-corrected chi connectivity index (χ0v) is 11.2. The Balaban J connectivity index is 2.37. The van der Waals surface area contributed by atoms with E-state index in [1.807, 2.05) is 6.07 Å². The molecule has 86 valence electrons. The summed E-state index contributed by atoms with van der Waals surface area (Å²) in [5, 5.41) is 2.88. The maximum Gasteiger partial charge on any atom is 0.251 e. The van der Waals surface area contributed by atoms with Crippen LogP contribution in [0.1, 0.15) is 40.2 Å². The summed E-state index contributed by atoms with van der Waals surface area (Å²) in [6.07, 6.45) is 0.940. The van der Waals surface area contributed by atoms with Gasteiger partial charge >= 0.3 is 0 Å². The Morgan fingerprint density at radius 3 is 2.81 bits per heavy atom. The first-order chi connectivity index (χ1) is 7.59. The predicted octanol–water partition coefficient (Wildman–Crippen LogP) is 3.06. The summed E-state index contributed by atoms with van der Waals surface area (Å²) in [6, 6.07) is 6.22. The van der Waals surface area contributed by atoms with Crippen molar-refractivity contribution in [1.82, 2.24) is 5.32 Å². The van der Waals surface area contributed by atoms with Gasteiger partial charge in [-0.2, -0.15) is 0 Å². The standard InChI is InChI=1S/C13H16BrNO/c1-8(2)12(14)10-4-3-9-5-6-15-13(16)11(9)7-10/h3-4,7-8,12H,5-6H2,1-2H3,(H,15,16). The predicted molar refractivity (Wildman–Crippen MR) is 69.0 cm³/mol. The van der Waals surface area contributed by atoms with E-state index in [0.717, 1.165) is 24.1 Å². The van der Waals surface area contributed by atoms with E-state index in [2.05, 4.69) is 47.2 Å². The van der Waals surface area contributed by atoms with Gasteiger partial charge in [0.1, 0.15) is 0 Å². The van der Waals surface area contributed by atoms with Crippen LogP contribution in [-0.2, 0) is 6.42 Å². The largest absolute Gasteiger partial charge is 0.352 e. The lowest BCUT2D eigenvalue weighted by Crippen LogP contribution is -2.31. The summed E-state index contributed by atoms with van der Waals surface area (Å²) in [5.74, 6) is 0.580. The summed E-state index contributed by atoms with van der Waals surface area (Å²) >= 11 is 3.67. The molecule has 0 saturated heterocycles. The maximum atomic E-state index is 11.7. The van der Waals surface area contributed by atoms with Crippen LogP contribution in [0.2, 0.25) is 0 Å². The lowest BCUT2D eigenvalue weighted by atomic mass is 9.94. The van der Waals surface area contributed by atoms with Gasteiger partial charge in [-0.25, -0.2) is 0 Å². The van der Waals surface area contributed by atoms with Crippen molar-refractivity contribution >= 4 is 21.8 Å². The van der Waals surface area contributed by atoms with E-state index in [-0.39, 0.29) is 5.91 Å². The molecule has 1 unspecified atom stereocenters. The first-order valence-corrected chi connectivity index (χ1v) is 6.56. The Morgan fingerprint density at radius 2 is 2.12 bits per heavy atom. The summed E-state index contributed by atoms with van der Waals surface area (Å²) < 4.78 is 0. The van der Waals surface area contributed by atoms with Gasteiger partial charge in [-0.15, -0.1) is 0 Å². The summed E-state index contributed by atoms with van der Waals surface area (Å²) in [7, 11) is 0. The average molecular weight is 282 g/mol. The fourth-order valence-electron chi connectivity index (χ4n) is 1.99. The minimum atomic E-state index is 0.0616. The molecule has 1 aliphatic heterocycles. The zero-order chi connectivity index (χ0) is 11.7. The summed E-state index contributed by atoms with van der Waals surface area (Å²) in [6.45, 7) is 5.09. The summed E-state index contributed by atoms with van der Waals surface area (Å²) in [4.78, 5) is 12.0. The highest BCUT2D eigenvalue weighted by Crippen LogP contribution is 2.32. The smallest absolute Gasteiger partial charge is 0.251 e. The highest BCUT2D eigenvalue weighted by Gasteiger charge is 2.19. The van der Waals surface area contributed by atoms with Gasteiger partial charge in [0.2, 0.25) is 0 Å². The van der Waals surface area contributed by atoms with Crippen LogP contribution in [0.25, 0.3) is 0 Å². The summed E-state index contributed by atoms with van der Waals surface area (Å²) in [5.41, 5.74) is 3.19. The topological polar surface area (TPSA) is 29.1 Å². The zero-order valence-electron chi connectivity index (χ0n) is 9.59. The van der Waals surface area contributed by atoms with E-state index >= 15 is 0 Å². The van der Waals surface area contributed by atoms with Crippen molar-refractivity contribution in [1.29, 1.82) is 0 Å². The van der Waals surface area contributed by atoms with E-state index in [9.17, 15) is 4.79 Å². The van der Waals surface area contributed by atoms with Gasteiger partial charge in [-0.3, -0.25) is 4.79 Å². The minimum absolute atomic E-state index is 0.0616. The molecule has 2 rings (SSSR count). The molecular weight excluding hydrogens is 266 g/mol. The van der Waals surface area contributed by atoms with Crippen molar-refractivity contribution in [2.75, 3.05) is 6.54 Å². The second-order valence-electron chi connectivity index (χ2n) is 4.57. The quantitative estimate of drug-likeness (QED) is 0.830. The molecule has 0 bridgehead atoms. The normalized spacial score (nSPS) is 16.9. The number of hydrogen-bond donors (Lipinski definition) is 1. The molecule has 1 aliphatic rings. The number of amides is 1. The molecule has 16 heavy (non-hydrogen) atoms. The average Bonchev–Trinajstić information content (AvgIpc) is 2.28. The third kappa shape index (κ3) is 2.14. The van der Waals surface area contributed by atoms with Gasteiger partial charge in [0.05, 0.1) is 0 Å². The number of benzene rings is 1. The Kier molecular flexibility index (Phi) is 3.33. The van der Waals surface area contributed by atoms with E-state index in [0.29, 0.717) is 10.7 Å². The van der Waals surface area contributed by atoms with Crippen LogP contribution < -0.4 is 5.32 Å². The van der Waals surface area contributed by atoms with Crippen LogP contribution in [0.4, 0.5) is 0 Å². The highest BCUT2D eigenvalue weighted by molar-refractivity contribution is 9.09. The number of rotatable bonds is 2. The molecule has 1 aromatic carbocycles. The van der Waals surface area contributed by atoms with Gasteiger partial charge in [0.25, 0.3) is 5.91 Å². The number of carbonyl (C=O) groups is 1. The molecule has 0 aromatic heterocycles. The highest BCUT2D eigenvalue weighted by atomic mass is 79.9. The molecule has 0 fully saturated rings. The van der Waals surface area contributed by atoms with E-state index in [1.54, 1.807) is 0 Å². The molecule has 1 aromatic rings. The Labute approximate surface area is 105 Å². The molecule has 1 heterocycles. The molecule has 1 atom stereocenters. The van der Waals surface area contributed by atoms with Crippen molar-refractivity contribution in [3.63, 3.8) is 0 Å². The third-order valence-electron chi connectivity index (χ3n) is 2.96. The number of alkyl halides is 1. The Morgan fingerprint density at radius 1 is 1.38 bits per heavy atom. The van der Waals surface area contributed by atoms with Crippen LogP contribution in [-0.4, -0.2) is 12.5 Å². The molecular formula is C13H16BrNO. The van der Waals surface area contributed by atoms with Crippen molar-refractivity contribution in [3.05, 3.63) is 34.9 Å². The maximum absolute atomic E-state index is 11.7. The molecule has 3 heteroatoms. The Bertz CT molecular complexity index is 414. The second kappa shape index (κ2) is 4.58. The number of halogens is 1. The van der Waals surface area contributed by atoms with Crippen LogP contribution in [0.15, 0.2) is 18.2 Å². The molecule has 1 N–H and O–H groups in total. The monoisotopic (exact) mass is 281 g/mol. The first kappa shape index (κ1) is 11.6. The molecule has 0 spiro atoms. The number of carbonyl (C=O) groups excluding carboxylic acids is 1. The van der Waals surface area contributed by atoms with E-state index in [4.69, 9.17) is 0 Å². The fourth-order valence-corrected chi connectivity index (χ4v) is 2.27. The van der Waals surface area contributed by atoms with Gasteiger partial charge in [0.15, 0.2) is 0 Å². The minimum Gasteiger partial charge on any atom is -0.352 e. The van der Waals surface area contributed by atoms with Gasteiger partial charge in [-0.1, -0.05) is 41.9 Å². The van der Waals surface area contributed by atoms with Crippen LogP contribution >= 0.6 is 15.9 Å². The number of nitrogens with one attached hydrogen (secondary N) is 1. The SMILES string of the molecule is CC(C)C(Br)c1ccc2c(c1)C(=O)NCC2. The van der Waals surface area contributed by atoms with Crippen LogP contribution in [0.5, 0.6) is 0 Å². The molecule has 2 nitrogen and oxygen atoms in total. The first-order valence-electron chi connectivity index (χ1n) is 5.64. The molecule has 0 saturated carbocycles. The van der Waals surface area contributed by atoms with Crippen molar-refractivity contribution in [3.8, 4) is 0 Å². The Hall–Kier alpha value is -0.830. The van der Waals surface area contributed by atoms with Gasteiger partial charge in [-0.05, 0) is 29.5 Å².